The van der Waals surface area contributed by atoms with Crippen molar-refractivity contribution in [1.82, 2.24) is 4.98 Å². The summed E-state index contributed by atoms with van der Waals surface area (Å²) in [5.74, 6) is 0.0350. The number of hydrogen-bond acceptors (Lipinski definition) is 3. The summed E-state index contributed by atoms with van der Waals surface area (Å²) in [7, 11) is 0. The fraction of sp³-hybridized carbons (Fsp3) is 0.143. The Bertz CT molecular complexity index is 373. The fourth-order valence-electron chi connectivity index (χ4n) is 0.835. The summed E-state index contributed by atoms with van der Waals surface area (Å²) in [4.78, 5) is 3.48. The van der Waals surface area contributed by atoms with Crippen LogP contribution in [0.4, 0.5) is 14.6 Å². The summed E-state index contributed by atoms with van der Waals surface area (Å²) in [5, 5.41) is 8.49. The second-order valence-electron chi connectivity index (χ2n) is 2.20. The maximum absolute atomic E-state index is 12.3. The molecule has 3 nitrogen and oxygen atoms in total. The van der Waals surface area contributed by atoms with Crippen LogP contribution in [0.15, 0.2) is 10.5 Å². The minimum Gasteiger partial charge on any atom is -0.384 e. The first-order chi connectivity index (χ1) is 6.06. The van der Waals surface area contributed by atoms with Gasteiger partial charge in [-0.3, -0.25) is 0 Å². The molecule has 2 N–H and O–H groups in total. The Hall–Kier alpha value is -1.22. The van der Waals surface area contributed by atoms with Crippen LogP contribution in [0.2, 0.25) is 0 Å². The Balaban J connectivity index is 3.41. The normalized spacial score (nSPS) is 10.1. The number of nitrogen functional groups attached to an aromatic ring is 1. The maximum atomic E-state index is 12.3. The van der Waals surface area contributed by atoms with E-state index >= 15 is 0 Å². The molecular formula is C7H4BrF2N3. The number of anilines is 1. The first-order valence-corrected chi connectivity index (χ1v) is 3.99. The largest absolute Gasteiger partial charge is 0.384 e. The number of nitrogens with two attached hydrogens (primary N) is 1. The molecule has 0 radical (unpaired) electrons. The molecule has 0 saturated carbocycles. The van der Waals surface area contributed by atoms with Gasteiger partial charge in [0.2, 0.25) is 0 Å². The molecule has 0 aromatic carbocycles. The standard InChI is InChI=1S/C7H4BrF2N3/c8-3-1-5(12)13-4(2-11)6(3)7(9)10/h1,7H,(H2,12,13). The van der Waals surface area contributed by atoms with Crippen molar-refractivity contribution in [2.45, 2.75) is 6.43 Å². The molecule has 0 unspecified atom stereocenters. The van der Waals surface area contributed by atoms with Crippen molar-refractivity contribution >= 4 is 21.7 Å². The summed E-state index contributed by atoms with van der Waals surface area (Å²) in [6.45, 7) is 0. The minimum atomic E-state index is -2.74. The van der Waals surface area contributed by atoms with Gasteiger partial charge < -0.3 is 5.73 Å². The monoisotopic (exact) mass is 247 g/mol. The van der Waals surface area contributed by atoms with Gasteiger partial charge in [-0.15, -0.1) is 0 Å². The van der Waals surface area contributed by atoms with Crippen LogP contribution in [-0.2, 0) is 0 Å². The van der Waals surface area contributed by atoms with Crippen LogP contribution >= 0.6 is 15.9 Å². The molecule has 6 heteroatoms. The highest BCUT2D eigenvalue weighted by Crippen LogP contribution is 2.30. The molecule has 1 rings (SSSR count). The number of hydrogen-bond donors (Lipinski definition) is 1. The van der Waals surface area contributed by atoms with Crippen molar-refractivity contribution in [3.63, 3.8) is 0 Å². The lowest BCUT2D eigenvalue weighted by molar-refractivity contribution is 0.150. The third-order valence-electron chi connectivity index (χ3n) is 1.35. The molecule has 0 saturated heterocycles. The van der Waals surface area contributed by atoms with Crippen LogP contribution in [-0.4, -0.2) is 4.98 Å². The zero-order valence-corrected chi connectivity index (χ0v) is 7.85. The van der Waals surface area contributed by atoms with E-state index in [0.717, 1.165) is 0 Å². The van der Waals surface area contributed by atoms with Gasteiger partial charge in [-0.1, -0.05) is 15.9 Å². The highest BCUT2D eigenvalue weighted by Gasteiger charge is 2.18. The molecule has 0 fully saturated rings. The van der Waals surface area contributed by atoms with Crippen LogP contribution in [0.25, 0.3) is 0 Å². The van der Waals surface area contributed by atoms with E-state index in [4.69, 9.17) is 11.0 Å². The zero-order valence-electron chi connectivity index (χ0n) is 6.26. The average molecular weight is 248 g/mol. The molecular weight excluding hydrogens is 244 g/mol. The Morgan fingerprint density at radius 2 is 2.23 bits per heavy atom. The van der Waals surface area contributed by atoms with Crippen molar-refractivity contribution in [1.29, 1.82) is 5.26 Å². The molecule has 13 heavy (non-hydrogen) atoms. The summed E-state index contributed by atoms with van der Waals surface area (Å²) in [6, 6.07) is 2.80. The van der Waals surface area contributed by atoms with Gasteiger partial charge >= 0.3 is 0 Å². The molecule has 0 amide bonds. The second-order valence-corrected chi connectivity index (χ2v) is 3.06. The van der Waals surface area contributed by atoms with Gasteiger partial charge in [0.05, 0.1) is 5.56 Å². The van der Waals surface area contributed by atoms with Gasteiger partial charge in [-0.05, 0) is 6.07 Å². The zero-order chi connectivity index (χ0) is 10.0. The number of pyridine rings is 1. The topological polar surface area (TPSA) is 62.7 Å². The Morgan fingerprint density at radius 1 is 1.62 bits per heavy atom. The van der Waals surface area contributed by atoms with Gasteiger partial charge in [0.1, 0.15) is 11.9 Å². The van der Waals surface area contributed by atoms with Crippen molar-refractivity contribution < 1.29 is 8.78 Å². The molecule has 0 aliphatic heterocycles. The maximum Gasteiger partial charge on any atom is 0.267 e. The predicted octanol–water partition coefficient (Wildman–Crippen LogP) is 2.24. The second kappa shape index (κ2) is 3.66. The number of halogens is 3. The fourth-order valence-corrected chi connectivity index (χ4v) is 1.43. The number of nitriles is 1. The van der Waals surface area contributed by atoms with E-state index in [1.165, 1.54) is 6.07 Å². The van der Waals surface area contributed by atoms with E-state index in [2.05, 4.69) is 20.9 Å². The SMILES string of the molecule is N#Cc1nc(N)cc(Br)c1C(F)F. The molecule has 0 bridgehead atoms. The molecule has 0 atom stereocenters. The molecule has 0 aliphatic rings. The first kappa shape index (κ1) is 9.86. The number of rotatable bonds is 1. The quantitative estimate of drug-likeness (QED) is 0.828. The van der Waals surface area contributed by atoms with Crippen molar-refractivity contribution in [3.8, 4) is 6.07 Å². The van der Waals surface area contributed by atoms with Gasteiger partial charge in [0.15, 0.2) is 5.69 Å². The summed E-state index contributed by atoms with van der Waals surface area (Å²) >= 11 is 2.89. The van der Waals surface area contributed by atoms with Gasteiger partial charge in [-0.2, -0.15) is 5.26 Å². The lowest BCUT2D eigenvalue weighted by Crippen LogP contribution is -2.00. The van der Waals surface area contributed by atoms with Crippen LogP contribution in [0.1, 0.15) is 17.7 Å². The van der Waals surface area contributed by atoms with Crippen LogP contribution in [0.5, 0.6) is 0 Å². The number of aromatic nitrogens is 1. The third-order valence-corrected chi connectivity index (χ3v) is 2.01. The lowest BCUT2D eigenvalue weighted by atomic mass is 10.2. The van der Waals surface area contributed by atoms with Crippen molar-refractivity contribution in [2.75, 3.05) is 5.73 Å². The average Bonchev–Trinajstić information content (AvgIpc) is 2.01. The number of nitrogens with zero attached hydrogens (tertiary/aromatic N) is 2. The predicted molar refractivity (Wildman–Crippen MR) is 46.0 cm³/mol. The summed E-state index contributed by atoms with van der Waals surface area (Å²) < 4.78 is 24.8. The third kappa shape index (κ3) is 1.92. The smallest absolute Gasteiger partial charge is 0.267 e. The van der Waals surface area contributed by atoms with Crippen LogP contribution in [0.3, 0.4) is 0 Å². The van der Waals surface area contributed by atoms with E-state index < -0.39 is 12.0 Å². The molecule has 0 aliphatic carbocycles. The molecule has 68 valence electrons. The molecule has 1 heterocycles. The molecule has 1 aromatic rings. The van der Waals surface area contributed by atoms with Gasteiger partial charge in [-0.25, -0.2) is 13.8 Å². The van der Waals surface area contributed by atoms with E-state index in [1.807, 2.05) is 0 Å². The van der Waals surface area contributed by atoms with Crippen LogP contribution < -0.4 is 5.73 Å². The Morgan fingerprint density at radius 3 is 2.69 bits per heavy atom. The Labute approximate surface area is 81.3 Å². The van der Waals surface area contributed by atoms with Gasteiger partial charge in [0.25, 0.3) is 6.43 Å². The van der Waals surface area contributed by atoms with Gasteiger partial charge in [0, 0.05) is 4.47 Å². The highest BCUT2D eigenvalue weighted by atomic mass is 79.9. The van der Waals surface area contributed by atoms with Crippen LogP contribution in [0, 0.1) is 11.3 Å². The number of alkyl halides is 2. The van der Waals surface area contributed by atoms with E-state index in [9.17, 15) is 8.78 Å². The van der Waals surface area contributed by atoms with E-state index in [0.29, 0.717) is 0 Å². The first-order valence-electron chi connectivity index (χ1n) is 3.20. The lowest BCUT2D eigenvalue weighted by Gasteiger charge is -2.05. The molecule has 0 spiro atoms. The Kier molecular flexibility index (Phi) is 2.78. The summed E-state index contributed by atoms with van der Waals surface area (Å²) in [5.41, 5.74) is 4.50. The van der Waals surface area contributed by atoms with E-state index in [1.54, 1.807) is 6.07 Å². The van der Waals surface area contributed by atoms with Crippen molar-refractivity contribution in [3.05, 3.63) is 21.8 Å². The molecule has 1 aromatic heterocycles. The van der Waals surface area contributed by atoms with E-state index in [-0.39, 0.29) is 16.0 Å². The summed E-state index contributed by atoms with van der Waals surface area (Å²) in [6.07, 6.45) is -2.74. The van der Waals surface area contributed by atoms with Crippen molar-refractivity contribution in [2.24, 2.45) is 0 Å². The highest BCUT2D eigenvalue weighted by molar-refractivity contribution is 9.10. The minimum absolute atomic E-state index is 0.0350.